The molecule has 1 aliphatic heterocycles. The molecule has 1 aliphatic rings. The van der Waals surface area contributed by atoms with E-state index in [1.54, 1.807) is 0 Å². The van der Waals surface area contributed by atoms with Crippen molar-refractivity contribution >= 4 is 11.0 Å². The van der Waals surface area contributed by atoms with Gasteiger partial charge in [0, 0.05) is 13.0 Å². The SMILES string of the molecule is Cc1cc(C)cc(-c2ccc3nc4n(c3c2)CCC4)c1. The van der Waals surface area contributed by atoms with Crippen molar-refractivity contribution in [2.24, 2.45) is 0 Å². The first-order chi connectivity index (χ1) is 9.70. The molecule has 2 aromatic carbocycles. The molecule has 0 unspecified atom stereocenters. The fraction of sp³-hybridized carbons (Fsp3) is 0.278. The molecule has 100 valence electrons. The molecule has 1 aromatic heterocycles. The summed E-state index contributed by atoms with van der Waals surface area (Å²) in [5.74, 6) is 1.25. The molecule has 2 heteroatoms. The van der Waals surface area contributed by atoms with E-state index in [9.17, 15) is 0 Å². The van der Waals surface area contributed by atoms with Crippen molar-refractivity contribution < 1.29 is 0 Å². The predicted octanol–water partition coefficient (Wildman–Crippen LogP) is 4.27. The summed E-state index contributed by atoms with van der Waals surface area (Å²) < 4.78 is 2.38. The van der Waals surface area contributed by atoms with Crippen LogP contribution in [0.3, 0.4) is 0 Å². The van der Waals surface area contributed by atoms with Gasteiger partial charge in [-0.3, -0.25) is 0 Å². The zero-order chi connectivity index (χ0) is 13.7. The highest BCUT2D eigenvalue weighted by atomic mass is 15.1. The molecule has 3 aromatic rings. The molecule has 0 bridgehead atoms. The third kappa shape index (κ3) is 1.75. The number of hydrogen-bond donors (Lipinski definition) is 0. The van der Waals surface area contributed by atoms with Crippen LogP contribution in [0.15, 0.2) is 36.4 Å². The second kappa shape index (κ2) is 4.20. The van der Waals surface area contributed by atoms with Gasteiger partial charge in [-0.15, -0.1) is 0 Å². The maximum Gasteiger partial charge on any atom is 0.109 e. The van der Waals surface area contributed by atoms with Crippen molar-refractivity contribution in [3.8, 4) is 11.1 Å². The topological polar surface area (TPSA) is 17.8 Å². The van der Waals surface area contributed by atoms with E-state index in [0.29, 0.717) is 0 Å². The minimum atomic E-state index is 1.11. The lowest BCUT2D eigenvalue weighted by Gasteiger charge is -2.06. The van der Waals surface area contributed by atoms with E-state index >= 15 is 0 Å². The van der Waals surface area contributed by atoms with Crippen LogP contribution in [-0.4, -0.2) is 9.55 Å². The van der Waals surface area contributed by atoms with Crippen molar-refractivity contribution in [1.29, 1.82) is 0 Å². The predicted molar refractivity (Wildman–Crippen MR) is 83.0 cm³/mol. The molecule has 0 N–H and O–H groups in total. The zero-order valence-corrected chi connectivity index (χ0v) is 12.0. The molecule has 2 heterocycles. The largest absolute Gasteiger partial charge is 0.328 e. The minimum absolute atomic E-state index is 1.11. The quantitative estimate of drug-likeness (QED) is 0.640. The Kier molecular flexibility index (Phi) is 2.46. The van der Waals surface area contributed by atoms with Crippen LogP contribution in [0.25, 0.3) is 22.2 Å². The number of rotatable bonds is 1. The van der Waals surface area contributed by atoms with E-state index in [0.717, 1.165) is 18.5 Å². The van der Waals surface area contributed by atoms with Gasteiger partial charge in [-0.1, -0.05) is 35.4 Å². The minimum Gasteiger partial charge on any atom is -0.328 e. The molecule has 4 rings (SSSR count). The molecule has 0 atom stereocenters. The summed E-state index contributed by atoms with van der Waals surface area (Å²) in [5.41, 5.74) is 7.65. The van der Waals surface area contributed by atoms with Crippen molar-refractivity contribution in [1.82, 2.24) is 9.55 Å². The van der Waals surface area contributed by atoms with Gasteiger partial charge in [0.25, 0.3) is 0 Å². The first-order valence-electron chi connectivity index (χ1n) is 7.28. The smallest absolute Gasteiger partial charge is 0.109 e. The number of fused-ring (bicyclic) bond motifs is 3. The molecule has 0 amide bonds. The van der Waals surface area contributed by atoms with Crippen LogP contribution in [-0.2, 0) is 13.0 Å². The van der Waals surface area contributed by atoms with Gasteiger partial charge in [0.15, 0.2) is 0 Å². The first kappa shape index (κ1) is 11.7. The Morgan fingerprint density at radius 1 is 0.950 bits per heavy atom. The number of hydrogen-bond acceptors (Lipinski definition) is 1. The summed E-state index contributed by atoms with van der Waals surface area (Å²) in [7, 11) is 0. The van der Waals surface area contributed by atoms with Crippen LogP contribution in [0.2, 0.25) is 0 Å². The standard InChI is InChI=1S/C18H18N2/c1-12-8-13(2)10-15(9-12)14-5-6-16-17(11-14)20-7-3-4-18(20)19-16/h5-6,8-11H,3-4,7H2,1-2H3. The Bertz CT molecular complexity index is 791. The third-order valence-corrected chi connectivity index (χ3v) is 4.16. The molecule has 0 saturated heterocycles. The van der Waals surface area contributed by atoms with Crippen LogP contribution in [0.4, 0.5) is 0 Å². The van der Waals surface area contributed by atoms with E-state index in [2.05, 4.69) is 54.8 Å². The molecule has 0 saturated carbocycles. The molecular formula is C18H18N2. The normalized spacial score (nSPS) is 13.9. The average Bonchev–Trinajstić information content (AvgIpc) is 2.97. The zero-order valence-electron chi connectivity index (χ0n) is 12.0. The average molecular weight is 262 g/mol. The Hall–Kier alpha value is -2.09. The molecule has 2 nitrogen and oxygen atoms in total. The molecule has 0 radical (unpaired) electrons. The van der Waals surface area contributed by atoms with Crippen LogP contribution in [0.1, 0.15) is 23.4 Å². The Morgan fingerprint density at radius 3 is 2.55 bits per heavy atom. The number of aromatic nitrogens is 2. The summed E-state index contributed by atoms with van der Waals surface area (Å²) in [6.07, 6.45) is 2.35. The monoisotopic (exact) mass is 262 g/mol. The van der Waals surface area contributed by atoms with Crippen LogP contribution in [0.5, 0.6) is 0 Å². The van der Waals surface area contributed by atoms with E-state index in [1.807, 2.05) is 0 Å². The van der Waals surface area contributed by atoms with Crippen LogP contribution < -0.4 is 0 Å². The van der Waals surface area contributed by atoms with Crippen LogP contribution in [0, 0.1) is 13.8 Å². The molecule has 0 aliphatic carbocycles. The molecule has 0 fully saturated rings. The lowest BCUT2D eigenvalue weighted by atomic mass is 10.0. The van der Waals surface area contributed by atoms with E-state index in [4.69, 9.17) is 4.98 Å². The first-order valence-corrected chi connectivity index (χ1v) is 7.28. The summed E-state index contributed by atoms with van der Waals surface area (Å²) in [5, 5.41) is 0. The van der Waals surface area contributed by atoms with Crippen molar-refractivity contribution in [2.75, 3.05) is 0 Å². The lowest BCUT2D eigenvalue weighted by molar-refractivity contribution is 0.771. The molecule has 20 heavy (non-hydrogen) atoms. The Balaban J connectivity index is 1.92. The number of benzene rings is 2. The van der Waals surface area contributed by atoms with Crippen molar-refractivity contribution in [3.05, 3.63) is 53.3 Å². The fourth-order valence-corrected chi connectivity index (χ4v) is 3.33. The highest BCUT2D eigenvalue weighted by Gasteiger charge is 2.16. The van der Waals surface area contributed by atoms with Crippen molar-refractivity contribution in [3.63, 3.8) is 0 Å². The summed E-state index contributed by atoms with van der Waals surface area (Å²) in [4.78, 5) is 4.73. The van der Waals surface area contributed by atoms with E-state index in [-0.39, 0.29) is 0 Å². The van der Waals surface area contributed by atoms with E-state index < -0.39 is 0 Å². The second-order valence-electron chi connectivity index (χ2n) is 5.86. The van der Waals surface area contributed by atoms with Gasteiger partial charge in [-0.05, 0) is 43.5 Å². The Morgan fingerprint density at radius 2 is 1.75 bits per heavy atom. The number of imidazole rings is 1. The highest BCUT2D eigenvalue weighted by Crippen LogP contribution is 2.28. The van der Waals surface area contributed by atoms with Gasteiger partial charge < -0.3 is 4.57 Å². The highest BCUT2D eigenvalue weighted by molar-refractivity contribution is 5.83. The van der Waals surface area contributed by atoms with E-state index in [1.165, 1.54) is 40.0 Å². The van der Waals surface area contributed by atoms with Gasteiger partial charge in [-0.25, -0.2) is 4.98 Å². The van der Waals surface area contributed by atoms with Crippen LogP contribution >= 0.6 is 0 Å². The lowest BCUT2D eigenvalue weighted by Crippen LogP contribution is -1.91. The van der Waals surface area contributed by atoms with Gasteiger partial charge in [0.1, 0.15) is 5.82 Å². The molecule has 0 spiro atoms. The van der Waals surface area contributed by atoms with Gasteiger partial charge in [0.05, 0.1) is 11.0 Å². The summed E-state index contributed by atoms with van der Waals surface area (Å²) in [6.45, 7) is 5.43. The maximum absolute atomic E-state index is 4.73. The molecular weight excluding hydrogens is 244 g/mol. The number of nitrogens with zero attached hydrogens (tertiary/aromatic N) is 2. The van der Waals surface area contributed by atoms with Gasteiger partial charge in [0.2, 0.25) is 0 Å². The summed E-state index contributed by atoms with van der Waals surface area (Å²) in [6, 6.07) is 13.4. The maximum atomic E-state index is 4.73. The Labute approximate surface area is 119 Å². The second-order valence-corrected chi connectivity index (χ2v) is 5.86. The summed E-state index contributed by atoms with van der Waals surface area (Å²) >= 11 is 0. The fourth-order valence-electron chi connectivity index (χ4n) is 3.33. The number of aryl methyl sites for hydroxylation is 4. The van der Waals surface area contributed by atoms with Crippen molar-refractivity contribution in [2.45, 2.75) is 33.2 Å². The van der Waals surface area contributed by atoms with Gasteiger partial charge in [-0.2, -0.15) is 0 Å². The third-order valence-electron chi connectivity index (χ3n) is 4.16. The van der Waals surface area contributed by atoms with Gasteiger partial charge >= 0.3 is 0 Å².